The SMILES string of the molecule is CCCc1nc(C)c(C(=O)NCC2CNC2)s1. The van der Waals surface area contributed by atoms with Gasteiger partial charge in [0.15, 0.2) is 0 Å². The molecule has 0 atom stereocenters. The number of rotatable bonds is 5. The van der Waals surface area contributed by atoms with Gasteiger partial charge < -0.3 is 10.6 Å². The molecule has 2 rings (SSSR count). The number of aromatic nitrogens is 1. The van der Waals surface area contributed by atoms with Gasteiger partial charge in [0.1, 0.15) is 4.88 Å². The predicted octanol–water partition coefficient (Wildman–Crippen LogP) is 1.35. The lowest BCUT2D eigenvalue weighted by Crippen LogP contribution is -2.48. The van der Waals surface area contributed by atoms with Gasteiger partial charge in [0, 0.05) is 25.6 Å². The summed E-state index contributed by atoms with van der Waals surface area (Å²) < 4.78 is 0. The van der Waals surface area contributed by atoms with Crippen LogP contribution in [0.15, 0.2) is 0 Å². The van der Waals surface area contributed by atoms with E-state index in [0.29, 0.717) is 5.92 Å². The molecule has 1 saturated heterocycles. The average molecular weight is 253 g/mol. The Morgan fingerprint density at radius 1 is 1.59 bits per heavy atom. The van der Waals surface area contributed by atoms with E-state index in [9.17, 15) is 4.79 Å². The fourth-order valence-corrected chi connectivity index (χ4v) is 2.88. The molecule has 1 aromatic rings. The zero-order chi connectivity index (χ0) is 12.3. The smallest absolute Gasteiger partial charge is 0.263 e. The van der Waals surface area contributed by atoms with Crippen LogP contribution in [0.1, 0.15) is 33.7 Å². The van der Waals surface area contributed by atoms with Crippen LogP contribution in [-0.2, 0) is 6.42 Å². The third kappa shape index (κ3) is 3.04. The van der Waals surface area contributed by atoms with E-state index < -0.39 is 0 Å². The van der Waals surface area contributed by atoms with E-state index in [2.05, 4.69) is 22.5 Å². The normalized spacial score (nSPS) is 15.6. The standard InChI is InChI=1S/C12H19N3OS/c1-3-4-10-15-8(2)11(17-10)12(16)14-7-9-5-13-6-9/h9,13H,3-7H2,1-2H3,(H,14,16). The summed E-state index contributed by atoms with van der Waals surface area (Å²) >= 11 is 1.53. The maximum Gasteiger partial charge on any atom is 0.263 e. The van der Waals surface area contributed by atoms with E-state index in [4.69, 9.17) is 0 Å². The molecule has 2 N–H and O–H groups in total. The van der Waals surface area contributed by atoms with Gasteiger partial charge in [0.2, 0.25) is 0 Å². The van der Waals surface area contributed by atoms with Crippen molar-refractivity contribution in [2.45, 2.75) is 26.7 Å². The number of carbonyl (C=O) groups is 1. The summed E-state index contributed by atoms with van der Waals surface area (Å²) in [4.78, 5) is 17.2. The molecule has 0 saturated carbocycles. The summed E-state index contributed by atoms with van der Waals surface area (Å²) in [6.07, 6.45) is 2.03. The van der Waals surface area contributed by atoms with Gasteiger partial charge >= 0.3 is 0 Å². The number of hydrogen-bond acceptors (Lipinski definition) is 4. The maximum absolute atomic E-state index is 12.0. The van der Waals surface area contributed by atoms with Crippen LogP contribution in [0.3, 0.4) is 0 Å². The Morgan fingerprint density at radius 3 is 2.94 bits per heavy atom. The zero-order valence-corrected chi connectivity index (χ0v) is 11.2. The minimum atomic E-state index is 0.0363. The molecule has 1 fully saturated rings. The second-order valence-corrected chi connectivity index (χ2v) is 5.59. The molecule has 5 heteroatoms. The summed E-state index contributed by atoms with van der Waals surface area (Å²) in [5.74, 6) is 0.636. The molecule has 0 unspecified atom stereocenters. The van der Waals surface area contributed by atoms with Crippen LogP contribution in [0.25, 0.3) is 0 Å². The van der Waals surface area contributed by atoms with Gasteiger partial charge in [-0.25, -0.2) is 4.98 Å². The summed E-state index contributed by atoms with van der Waals surface area (Å²) in [6.45, 7) is 6.84. The Balaban J connectivity index is 1.92. The van der Waals surface area contributed by atoms with Crippen LogP contribution in [0.4, 0.5) is 0 Å². The molecule has 0 spiro atoms. The number of aryl methyl sites for hydroxylation is 2. The Labute approximate surface area is 106 Å². The van der Waals surface area contributed by atoms with Gasteiger partial charge in [0.25, 0.3) is 5.91 Å². The van der Waals surface area contributed by atoms with Crippen LogP contribution in [0, 0.1) is 12.8 Å². The predicted molar refractivity (Wildman–Crippen MR) is 69.5 cm³/mol. The average Bonchev–Trinajstić information content (AvgIpc) is 2.57. The summed E-state index contributed by atoms with van der Waals surface area (Å²) in [5.41, 5.74) is 0.864. The van der Waals surface area contributed by atoms with E-state index in [1.165, 1.54) is 11.3 Å². The third-order valence-corrected chi connectivity index (χ3v) is 4.14. The molecule has 1 aliphatic heterocycles. The van der Waals surface area contributed by atoms with E-state index in [1.807, 2.05) is 6.92 Å². The molecule has 94 valence electrons. The Bertz CT molecular complexity index is 398. The highest BCUT2D eigenvalue weighted by Gasteiger charge is 2.19. The summed E-state index contributed by atoms with van der Waals surface area (Å²) in [7, 11) is 0. The minimum Gasteiger partial charge on any atom is -0.351 e. The second-order valence-electron chi connectivity index (χ2n) is 4.51. The number of thiazole rings is 1. The Morgan fingerprint density at radius 2 is 2.35 bits per heavy atom. The number of hydrogen-bond donors (Lipinski definition) is 2. The lowest BCUT2D eigenvalue weighted by Gasteiger charge is -2.26. The van der Waals surface area contributed by atoms with Crippen molar-refractivity contribution in [3.63, 3.8) is 0 Å². The van der Waals surface area contributed by atoms with Gasteiger partial charge in [-0.15, -0.1) is 11.3 Å². The molecule has 1 aliphatic rings. The van der Waals surface area contributed by atoms with Crippen molar-refractivity contribution in [2.24, 2.45) is 5.92 Å². The molecule has 0 aliphatic carbocycles. The molecule has 0 bridgehead atoms. The minimum absolute atomic E-state index is 0.0363. The molecule has 2 heterocycles. The van der Waals surface area contributed by atoms with Crippen LogP contribution < -0.4 is 10.6 Å². The molecule has 0 aromatic carbocycles. The quantitative estimate of drug-likeness (QED) is 0.833. The molecular weight excluding hydrogens is 234 g/mol. The Kier molecular flexibility index (Phi) is 4.12. The third-order valence-electron chi connectivity index (χ3n) is 2.93. The van der Waals surface area contributed by atoms with Crippen molar-refractivity contribution in [1.82, 2.24) is 15.6 Å². The molecule has 0 radical (unpaired) electrons. The molecular formula is C12H19N3OS. The molecule has 17 heavy (non-hydrogen) atoms. The van der Waals surface area contributed by atoms with Gasteiger partial charge in [-0.1, -0.05) is 6.92 Å². The first-order chi connectivity index (χ1) is 8.20. The van der Waals surface area contributed by atoms with Crippen molar-refractivity contribution < 1.29 is 4.79 Å². The first kappa shape index (κ1) is 12.5. The van der Waals surface area contributed by atoms with Crippen molar-refractivity contribution in [3.8, 4) is 0 Å². The van der Waals surface area contributed by atoms with Crippen LogP contribution in [-0.4, -0.2) is 30.5 Å². The van der Waals surface area contributed by atoms with E-state index in [1.54, 1.807) is 0 Å². The highest BCUT2D eigenvalue weighted by Crippen LogP contribution is 2.19. The van der Waals surface area contributed by atoms with Crippen molar-refractivity contribution in [2.75, 3.05) is 19.6 Å². The lowest BCUT2D eigenvalue weighted by molar-refractivity contribution is 0.0945. The van der Waals surface area contributed by atoms with Crippen LogP contribution in [0.5, 0.6) is 0 Å². The van der Waals surface area contributed by atoms with E-state index in [0.717, 1.165) is 48.1 Å². The number of nitrogens with one attached hydrogen (secondary N) is 2. The van der Waals surface area contributed by atoms with Gasteiger partial charge in [0.05, 0.1) is 10.7 Å². The lowest BCUT2D eigenvalue weighted by atomic mass is 10.0. The maximum atomic E-state index is 12.0. The van der Waals surface area contributed by atoms with Crippen LogP contribution >= 0.6 is 11.3 Å². The number of carbonyl (C=O) groups excluding carboxylic acids is 1. The Hall–Kier alpha value is -0.940. The van der Waals surface area contributed by atoms with Crippen molar-refractivity contribution in [1.29, 1.82) is 0 Å². The highest BCUT2D eigenvalue weighted by molar-refractivity contribution is 7.13. The summed E-state index contributed by atoms with van der Waals surface area (Å²) in [6, 6.07) is 0. The summed E-state index contributed by atoms with van der Waals surface area (Å²) in [5, 5.41) is 7.25. The van der Waals surface area contributed by atoms with Crippen molar-refractivity contribution in [3.05, 3.63) is 15.6 Å². The van der Waals surface area contributed by atoms with Crippen LogP contribution in [0.2, 0.25) is 0 Å². The fraction of sp³-hybridized carbons (Fsp3) is 0.667. The fourth-order valence-electron chi connectivity index (χ4n) is 1.79. The largest absolute Gasteiger partial charge is 0.351 e. The highest BCUT2D eigenvalue weighted by atomic mass is 32.1. The first-order valence-electron chi connectivity index (χ1n) is 6.16. The zero-order valence-electron chi connectivity index (χ0n) is 10.4. The second kappa shape index (κ2) is 5.60. The van der Waals surface area contributed by atoms with E-state index in [-0.39, 0.29) is 5.91 Å². The van der Waals surface area contributed by atoms with Gasteiger partial charge in [-0.05, 0) is 19.8 Å². The molecule has 1 amide bonds. The molecule has 4 nitrogen and oxygen atoms in total. The van der Waals surface area contributed by atoms with E-state index >= 15 is 0 Å². The number of amides is 1. The number of nitrogens with zero attached hydrogens (tertiary/aromatic N) is 1. The van der Waals surface area contributed by atoms with Gasteiger partial charge in [-0.2, -0.15) is 0 Å². The van der Waals surface area contributed by atoms with Crippen molar-refractivity contribution >= 4 is 17.2 Å². The first-order valence-corrected chi connectivity index (χ1v) is 6.97. The monoisotopic (exact) mass is 253 g/mol. The topological polar surface area (TPSA) is 54.0 Å². The molecule has 1 aromatic heterocycles. The van der Waals surface area contributed by atoms with Gasteiger partial charge in [-0.3, -0.25) is 4.79 Å².